The van der Waals surface area contributed by atoms with Gasteiger partial charge >= 0.3 is 0 Å². The molecule has 0 spiro atoms. The van der Waals surface area contributed by atoms with Crippen molar-refractivity contribution in [2.24, 2.45) is 5.92 Å². The summed E-state index contributed by atoms with van der Waals surface area (Å²) in [5.74, 6) is 1.57. The van der Waals surface area contributed by atoms with E-state index in [1.54, 1.807) is 12.1 Å². The van der Waals surface area contributed by atoms with E-state index in [2.05, 4.69) is 36.2 Å². The van der Waals surface area contributed by atoms with Gasteiger partial charge in [0.1, 0.15) is 11.6 Å². The largest absolute Gasteiger partial charge is 0.508 e. The molecule has 0 aliphatic heterocycles. The van der Waals surface area contributed by atoms with E-state index in [4.69, 9.17) is 10.1 Å². The molecular formula is C26H32N2O2. The molecule has 3 aromatic rings. The van der Waals surface area contributed by atoms with Gasteiger partial charge in [0, 0.05) is 24.8 Å². The number of phenols is 1. The van der Waals surface area contributed by atoms with E-state index in [9.17, 15) is 5.11 Å². The molecule has 0 radical (unpaired) electrons. The van der Waals surface area contributed by atoms with E-state index in [1.807, 2.05) is 24.4 Å². The van der Waals surface area contributed by atoms with Crippen LogP contribution < -0.4 is 0 Å². The third-order valence-corrected chi connectivity index (χ3v) is 5.45. The van der Waals surface area contributed by atoms with Gasteiger partial charge in [-0.15, -0.1) is 0 Å². The van der Waals surface area contributed by atoms with Crippen molar-refractivity contribution in [2.45, 2.75) is 51.9 Å². The molecule has 30 heavy (non-hydrogen) atoms. The fraction of sp³-hybridized carbons (Fsp3) is 0.385. The van der Waals surface area contributed by atoms with E-state index in [0.717, 1.165) is 62.0 Å². The number of aryl methyl sites for hydroxylation is 3. The van der Waals surface area contributed by atoms with Gasteiger partial charge in [0.15, 0.2) is 0 Å². The van der Waals surface area contributed by atoms with Crippen LogP contribution in [0.3, 0.4) is 0 Å². The molecule has 158 valence electrons. The molecule has 0 aliphatic rings. The van der Waals surface area contributed by atoms with Gasteiger partial charge in [0.25, 0.3) is 0 Å². The van der Waals surface area contributed by atoms with Crippen LogP contribution in [0.1, 0.15) is 49.6 Å². The Bertz CT molecular complexity index is 909. The standard InChI is InChI=1S/C26H32N2O2/c1-20(19-29)6-2-3-7-22-9-4-10-23(18-22)25-16-17-27-26(28-25)11-5-8-21-12-14-24(30)15-13-21/h4,9-10,12-18,20,29-30H,2-3,5-8,11,19H2,1H3/t20-/m1/s1. The molecule has 4 nitrogen and oxygen atoms in total. The lowest BCUT2D eigenvalue weighted by molar-refractivity contribution is 0.227. The van der Waals surface area contributed by atoms with Crippen molar-refractivity contribution < 1.29 is 10.2 Å². The summed E-state index contributed by atoms with van der Waals surface area (Å²) >= 11 is 0. The van der Waals surface area contributed by atoms with Crippen molar-refractivity contribution in [1.82, 2.24) is 9.97 Å². The van der Waals surface area contributed by atoms with Gasteiger partial charge in [0.2, 0.25) is 0 Å². The molecule has 0 saturated carbocycles. The van der Waals surface area contributed by atoms with Crippen molar-refractivity contribution in [1.29, 1.82) is 0 Å². The zero-order valence-corrected chi connectivity index (χ0v) is 17.8. The summed E-state index contributed by atoms with van der Waals surface area (Å²) in [6.07, 6.45) is 9.01. The van der Waals surface area contributed by atoms with Gasteiger partial charge in [-0.25, -0.2) is 9.97 Å². The summed E-state index contributed by atoms with van der Waals surface area (Å²) in [5.41, 5.74) is 4.65. The first-order valence-electron chi connectivity index (χ1n) is 10.9. The summed E-state index contributed by atoms with van der Waals surface area (Å²) in [6.45, 7) is 2.37. The summed E-state index contributed by atoms with van der Waals surface area (Å²) in [7, 11) is 0. The Labute approximate surface area is 179 Å². The summed E-state index contributed by atoms with van der Waals surface area (Å²) < 4.78 is 0. The van der Waals surface area contributed by atoms with Crippen molar-refractivity contribution in [2.75, 3.05) is 6.61 Å². The maximum atomic E-state index is 9.38. The lowest BCUT2D eigenvalue weighted by Crippen LogP contribution is -2.00. The van der Waals surface area contributed by atoms with E-state index in [1.165, 1.54) is 11.1 Å². The second kappa shape index (κ2) is 11.5. The number of benzene rings is 2. The first kappa shape index (κ1) is 22.0. The van der Waals surface area contributed by atoms with Crippen LogP contribution in [0.2, 0.25) is 0 Å². The Morgan fingerprint density at radius 3 is 2.47 bits per heavy atom. The Balaban J connectivity index is 1.55. The number of aliphatic hydroxyl groups excluding tert-OH is 1. The van der Waals surface area contributed by atoms with E-state index < -0.39 is 0 Å². The number of hydrogen-bond acceptors (Lipinski definition) is 4. The minimum Gasteiger partial charge on any atom is -0.508 e. The van der Waals surface area contributed by atoms with Crippen molar-refractivity contribution in [3.63, 3.8) is 0 Å². The number of rotatable bonds is 11. The Hall–Kier alpha value is -2.72. The van der Waals surface area contributed by atoms with Crippen LogP contribution >= 0.6 is 0 Å². The molecule has 0 unspecified atom stereocenters. The van der Waals surface area contributed by atoms with Gasteiger partial charge in [-0.3, -0.25) is 0 Å². The maximum absolute atomic E-state index is 9.38. The second-order valence-corrected chi connectivity index (χ2v) is 8.11. The molecule has 0 aliphatic carbocycles. The Morgan fingerprint density at radius 1 is 0.867 bits per heavy atom. The SMILES string of the molecule is C[C@@H](CO)CCCCc1cccc(-c2ccnc(CCCc3ccc(O)cc3)n2)c1. The zero-order valence-electron chi connectivity index (χ0n) is 17.8. The van der Waals surface area contributed by atoms with Crippen LogP contribution in [-0.4, -0.2) is 26.8 Å². The van der Waals surface area contributed by atoms with E-state index in [0.29, 0.717) is 11.7 Å². The summed E-state index contributed by atoms with van der Waals surface area (Å²) in [5, 5.41) is 18.5. The highest BCUT2D eigenvalue weighted by molar-refractivity contribution is 5.59. The van der Waals surface area contributed by atoms with Crippen LogP contribution in [-0.2, 0) is 19.3 Å². The molecule has 2 aromatic carbocycles. The lowest BCUT2D eigenvalue weighted by Gasteiger charge is -2.09. The molecule has 0 bridgehead atoms. The average Bonchev–Trinajstić information content (AvgIpc) is 2.78. The van der Waals surface area contributed by atoms with Crippen molar-refractivity contribution in [3.8, 4) is 17.0 Å². The normalized spacial score (nSPS) is 12.1. The highest BCUT2D eigenvalue weighted by Gasteiger charge is 2.05. The van der Waals surface area contributed by atoms with E-state index >= 15 is 0 Å². The predicted octanol–water partition coefficient (Wildman–Crippen LogP) is 5.37. The predicted molar refractivity (Wildman–Crippen MR) is 121 cm³/mol. The highest BCUT2D eigenvalue weighted by Crippen LogP contribution is 2.20. The topological polar surface area (TPSA) is 66.2 Å². The molecular weight excluding hydrogens is 372 g/mol. The molecule has 0 saturated heterocycles. The third-order valence-electron chi connectivity index (χ3n) is 5.45. The molecule has 1 heterocycles. The number of phenolic OH excluding ortho intramolecular Hbond substituents is 1. The second-order valence-electron chi connectivity index (χ2n) is 8.11. The smallest absolute Gasteiger partial charge is 0.128 e. The third kappa shape index (κ3) is 6.96. The Morgan fingerprint density at radius 2 is 1.67 bits per heavy atom. The maximum Gasteiger partial charge on any atom is 0.128 e. The van der Waals surface area contributed by atoms with Crippen LogP contribution in [0.15, 0.2) is 60.8 Å². The monoisotopic (exact) mass is 404 g/mol. The fourth-order valence-corrected chi connectivity index (χ4v) is 3.59. The van der Waals surface area contributed by atoms with Crippen LogP contribution in [0.5, 0.6) is 5.75 Å². The highest BCUT2D eigenvalue weighted by atomic mass is 16.3. The number of aliphatic hydroxyl groups is 1. The Kier molecular flexibility index (Phi) is 8.40. The first-order chi connectivity index (χ1) is 14.6. The van der Waals surface area contributed by atoms with Gasteiger partial charge < -0.3 is 10.2 Å². The van der Waals surface area contributed by atoms with Crippen molar-refractivity contribution in [3.05, 3.63) is 77.7 Å². The van der Waals surface area contributed by atoms with Gasteiger partial charge in [-0.1, -0.05) is 43.7 Å². The number of aromatic hydroxyl groups is 1. The molecule has 1 aromatic heterocycles. The summed E-state index contributed by atoms with van der Waals surface area (Å²) in [4.78, 5) is 9.23. The lowest BCUT2D eigenvalue weighted by atomic mass is 10.00. The van der Waals surface area contributed by atoms with Crippen LogP contribution in [0, 0.1) is 5.92 Å². The molecule has 0 amide bonds. The van der Waals surface area contributed by atoms with Crippen LogP contribution in [0.25, 0.3) is 11.3 Å². The molecule has 2 N–H and O–H groups in total. The number of nitrogens with zero attached hydrogens (tertiary/aromatic N) is 2. The van der Waals surface area contributed by atoms with Gasteiger partial charge in [0.05, 0.1) is 5.69 Å². The average molecular weight is 405 g/mol. The first-order valence-corrected chi connectivity index (χ1v) is 10.9. The zero-order chi connectivity index (χ0) is 21.2. The minimum atomic E-state index is 0.278. The van der Waals surface area contributed by atoms with Gasteiger partial charge in [-0.2, -0.15) is 0 Å². The van der Waals surface area contributed by atoms with E-state index in [-0.39, 0.29) is 6.61 Å². The van der Waals surface area contributed by atoms with Gasteiger partial charge in [-0.05, 0) is 73.4 Å². The number of unbranched alkanes of at least 4 members (excludes halogenated alkanes) is 1. The number of aromatic nitrogens is 2. The minimum absolute atomic E-state index is 0.278. The van der Waals surface area contributed by atoms with Crippen LogP contribution in [0.4, 0.5) is 0 Å². The fourth-order valence-electron chi connectivity index (χ4n) is 3.59. The molecule has 1 atom stereocenters. The van der Waals surface area contributed by atoms with Crippen molar-refractivity contribution >= 4 is 0 Å². The molecule has 3 rings (SSSR count). The summed E-state index contributed by atoms with van der Waals surface area (Å²) in [6, 6.07) is 18.0. The number of hydrogen-bond donors (Lipinski definition) is 2. The quantitative estimate of drug-likeness (QED) is 0.422. The molecule has 4 heteroatoms. The molecule has 0 fully saturated rings.